The zero-order chi connectivity index (χ0) is 16.2. The summed E-state index contributed by atoms with van der Waals surface area (Å²) in [6, 6.07) is 7.14. The highest BCUT2D eigenvalue weighted by Gasteiger charge is 2.12. The number of aromatic hydroxyl groups is 1. The van der Waals surface area contributed by atoms with Crippen LogP contribution in [-0.4, -0.2) is 37.3 Å². The molecule has 0 aliphatic rings. The zero-order valence-electron chi connectivity index (χ0n) is 13.0. The van der Waals surface area contributed by atoms with Gasteiger partial charge < -0.3 is 5.11 Å². The number of aromatic nitrogens is 4. The van der Waals surface area contributed by atoms with Crippen molar-refractivity contribution in [1.29, 1.82) is 0 Å². The van der Waals surface area contributed by atoms with E-state index in [1.54, 1.807) is 30.6 Å². The molecule has 0 unspecified atom stereocenters. The number of benzene rings is 1. The minimum atomic E-state index is 0.242. The normalized spacial score (nSPS) is 11.1. The quantitative estimate of drug-likeness (QED) is 0.772. The van der Waals surface area contributed by atoms with Crippen LogP contribution >= 0.6 is 0 Å². The van der Waals surface area contributed by atoms with E-state index < -0.39 is 0 Å². The predicted octanol–water partition coefficient (Wildman–Crippen LogP) is 2.17. The van der Waals surface area contributed by atoms with E-state index >= 15 is 0 Å². The summed E-state index contributed by atoms with van der Waals surface area (Å²) >= 11 is 0. The van der Waals surface area contributed by atoms with E-state index in [1.165, 1.54) is 0 Å². The Morgan fingerprint density at radius 3 is 2.61 bits per heavy atom. The summed E-state index contributed by atoms with van der Waals surface area (Å²) in [6.45, 7) is 2.99. The Bertz CT molecular complexity index is 788. The lowest BCUT2D eigenvalue weighted by atomic mass is 10.1. The summed E-state index contributed by atoms with van der Waals surface area (Å²) in [5.41, 5.74) is 3.22. The minimum Gasteiger partial charge on any atom is -0.508 e. The highest BCUT2D eigenvalue weighted by molar-refractivity contribution is 5.58. The van der Waals surface area contributed by atoms with Crippen LogP contribution in [0.3, 0.4) is 0 Å². The predicted molar refractivity (Wildman–Crippen MR) is 83.3 cm³/mol. The van der Waals surface area contributed by atoms with E-state index in [-0.39, 0.29) is 5.75 Å². The SMILES string of the molecule is Cc1nonc1CN(C)Cc1cc(-c2ncccn2)ccc1O. The fourth-order valence-corrected chi connectivity index (χ4v) is 2.29. The summed E-state index contributed by atoms with van der Waals surface area (Å²) in [4.78, 5) is 10.5. The summed E-state index contributed by atoms with van der Waals surface area (Å²) in [6.07, 6.45) is 3.39. The van der Waals surface area contributed by atoms with E-state index in [0.717, 1.165) is 22.5 Å². The average molecular weight is 311 g/mol. The standard InChI is InChI=1S/C16H17N5O2/c1-11-14(20-23-19-11)10-21(2)9-13-8-12(4-5-15(13)22)16-17-6-3-7-18-16/h3-8,22H,9-10H2,1-2H3. The molecule has 0 aliphatic carbocycles. The van der Waals surface area contributed by atoms with Crippen LogP contribution in [0.15, 0.2) is 41.3 Å². The third-order valence-corrected chi connectivity index (χ3v) is 3.51. The van der Waals surface area contributed by atoms with Gasteiger partial charge in [0.05, 0.1) is 0 Å². The number of hydrogen-bond donors (Lipinski definition) is 1. The van der Waals surface area contributed by atoms with Crippen molar-refractivity contribution in [2.75, 3.05) is 7.05 Å². The topological polar surface area (TPSA) is 88.2 Å². The summed E-state index contributed by atoms with van der Waals surface area (Å²) in [5, 5.41) is 17.7. The first kappa shape index (κ1) is 15.1. The van der Waals surface area contributed by atoms with E-state index in [4.69, 9.17) is 4.63 Å². The summed E-state index contributed by atoms with van der Waals surface area (Å²) < 4.78 is 4.70. The second-order valence-electron chi connectivity index (χ2n) is 5.38. The molecule has 1 aromatic carbocycles. The Labute approximate surface area is 133 Å². The molecule has 3 rings (SSSR count). The van der Waals surface area contributed by atoms with Crippen LogP contribution in [-0.2, 0) is 13.1 Å². The van der Waals surface area contributed by atoms with Gasteiger partial charge in [-0.25, -0.2) is 14.6 Å². The summed E-state index contributed by atoms with van der Waals surface area (Å²) in [5.74, 6) is 0.875. The molecular weight excluding hydrogens is 294 g/mol. The van der Waals surface area contributed by atoms with Crippen LogP contribution in [0, 0.1) is 6.92 Å². The number of aryl methyl sites for hydroxylation is 1. The minimum absolute atomic E-state index is 0.242. The highest BCUT2D eigenvalue weighted by Crippen LogP contribution is 2.25. The molecule has 7 heteroatoms. The second-order valence-corrected chi connectivity index (χ2v) is 5.38. The largest absolute Gasteiger partial charge is 0.508 e. The zero-order valence-corrected chi connectivity index (χ0v) is 13.0. The van der Waals surface area contributed by atoms with Gasteiger partial charge in [-0.1, -0.05) is 10.3 Å². The van der Waals surface area contributed by atoms with E-state index in [1.807, 2.05) is 24.9 Å². The lowest BCUT2D eigenvalue weighted by Crippen LogP contribution is -2.18. The van der Waals surface area contributed by atoms with Crippen LogP contribution in [0.5, 0.6) is 5.75 Å². The van der Waals surface area contributed by atoms with Gasteiger partial charge in [-0.15, -0.1) is 0 Å². The van der Waals surface area contributed by atoms with Gasteiger partial charge in [0.1, 0.15) is 17.1 Å². The average Bonchev–Trinajstić information content (AvgIpc) is 2.95. The molecule has 0 aliphatic heterocycles. The summed E-state index contributed by atoms with van der Waals surface area (Å²) in [7, 11) is 1.94. The van der Waals surface area contributed by atoms with Gasteiger partial charge in [0.15, 0.2) is 5.82 Å². The third kappa shape index (κ3) is 3.51. The fraction of sp³-hybridized carbons (Fsp3) is 0.250. The fourth-order valence-electron chi connectivity index (χ4n) is 2.29. The van der Waals surface area contributed by atoms with Crippen molar-refractivity contribution in [3.8, 4) is 17.1 Å². The Morgan fingerprint density at radius 2 is 1.91 bits per heavy atom. The van der Waals surface area contributed by atoms with Crippen molar-refractivity contribution < 1.29 is 9.74 Å². The molecule has 0 fully saturated rings. The molecule has 0 radical (unpaired) electrons. The molecule has 23 heavy (non-hydrogen) atoms. The van der Waals surface area contributed by atoms with Crippen molar-refractivity contribution in [2.45, 2.75) is 20.0 Å². The van der Waals surface area contributed by atoms with Crippen molar-refractivity contribution >= 4 is 0 Å². The molecule has 0 amide bonds. The Morgan fingerprint density at radius 1 is 1.13 bits per heavy atom. The molecule has 118 valence electrons. The first-order chi connectivity index (χ1) is 11.1. The smallest absolute Gasteiger partial charge is 0.159 e. The monoisotopic (exact) mass is 311 g/mol. The lowest BCUT2D eigenvalue weighted by molar-refractivity contribution is 0.277. The molecule has 2 heterocycles. The highest BCUT2D eigenvalue weighted by atomic mass is 16.6. The second kappa shape index (κ2) is 6.53. The van der Waals surface area contributed by atoms with E-state index in [2.05, 4.69) is 20.3 Å². The number of rotatable bonds is 5. The maximum Gasteiger partial charge on any atom is 0.159 e. The van der Waals surface area contributed by atoms with Crippen LogP contribution in [0.1, 0.15) is 17.0 Å². The van der Waals surface area contributed by atoms with Crippen LogP contribution < -0.4 is 0 Å². The van der Waals surface area contributed by atoms with Crippen LogP contribution in [0.4, 0.5) is 0 Å². The van der Waals surface area contributed by atoms with Crippen LogP contribution in [0.25, 0.3) is 11.4 Å². The Kier molecular flexibility index (Phi) is 4.29. The molecule has 7 nitrogen and oxygen atoms in total. The number of phenols is 1. The van der Waals surface area contributed by atoms with Gasteiger partial charge in [0.2, 0.25) is 0 Å². The van der Waals surface area contributed by atoms with Gasteiger partial charge in [0, 0.05) is 36.6 Å². The van der Waals surface area contributed by atoms with Crippen LogP contribution in [0.2, 0.25) is 0 Å². The van der Waals surface area contributed by atoms with E-state index in [9.17, 15) is 5.11 Å². The van der Waals surface area contributed by atoms with Crippen molar-refractivity contribution in [1.82, 2.24) is 25.2 Å². The maximum atomic E-state index is 10.1. The number of hydrogen-bond acceptors (Lipinski definition) is 7. The Balaban J connectivity index is 1.78. The van der Waals surface area contributed by atoms with Crippen molar-refractivity contribution in [2.24, 2.45) is 0 Å². The van der Waals surface area contributed by atoms with Gasteiger partial charge >= 0.3 is 0 Å². The molecule has 2 aromatic heterocycles. The van der Waals surface area contributed by atoms with Gasteiger partial charge in [-0.3, -0.25) is 4.90 Å². The number of phenolic OH excluding ortho intramolecular Hbond substituents is 1. The molecule has 0 saturated carbocycles. The van der Waals surface area contributed by atoms with Crippen molar-refractivity contribution in [3.63, 3.8) is 0 Å². The molecule has 0 spiro atoms. The van der Waals surface area contributed by atoms with Gasteiger partial charge in [0.25, 0.3) is 0 Å². The van der Waals surface area contributed by atoms with E-state index in [0.29, 0.717) is 18.9 Å². The molecular formula is C16H17N5O2. The Hall–Kier alpha value is -2.80. The molecule has 0 bridgehead atoms. The third-order valence-electron chi connectivity index (χ3n) is 3.51. The lowest BCUT2D eigenvalue weighted by Gasteiger charge is -2.16. The molecule has 3 aromatic rings. The van der Waals surface area contributed by atoms with Crippen molar-refractivity contribution in [3.05, 3.63) is 53.6 Å². The maximum absolute atomic E-state index is 10.1. The molecule has 0 saturated heterocycles. The molecule has 1 N–H and O–H groups in total. The first-order valence-electron chi connectivity index (χ1n) is 7.19. The first-order valence-corrected chi connectivity index (χ1v) is 7.19. The van der Waals surface area contributed by atoms with Gasteiger partial charge in [-0.2, -0.15) is 0 Å². The van der Waals surface area contributed by atoms with Gasteiger partial charge in [-0.05, 0) is 38.2 Å². The number of nitrogens with zero attached hydrogens (tertiary/aromatic N) is 5. The molecule has 0 atom stereocenters.